The first kappa shape index (κ1) is 17.9. The molecule has 1 heterocycles. The monoisotopic (exact) mass is 348 g/mol. The molecule has 0 aliphatic carbocycles. The molecule has 0 radical (unpaired) electrons. The van der Waals surface area contributed by atoms with Gasteiger partial charge in [0.15, 0.2) is 0 Å². The second-order valence-corrected chi connectivity index (χ2v) is 6.29. The molecule has 0 saturated carbocycles. The number of aryl methyl sites for hydroxylation is 2. The number of ether oxygens (including phenoxy) is 1. The van der Waals surface area contributed by atoms with Crippen LogP contribution in [0, 0.1) is 6.92 Å². The highest BCUT2D eigenvalue weighted by molar-refractivity contribution is 7.13. The number of carboxylic acids is 1. The van der Waals surface area contributed by atoms with Gasteiger partial charge in [-0.3, -0.25) is 4.79 Å². The lowest BCUT2D eigenvalue weighted by molar-refractivity contribution is -0.120. The summed E-state index contributed by atoms with van der Waals surface area (Å²) in [5, 5.41) is 12.2. The molecule has 2 N–H and O–H groups in total. The SMILES string of the molecule is CCc1cccc(OCCNC(=O)Cc2nc(C)c(C(=O)O)s2)c1. The zero-order valence-corrected chi connectivity index (χ0v) is 14.5. The topological polar surface area (TPSA) is 88.5 Å². The van der Waals surface area contributed by atoms with Gasteiger partial charge in [-0.2, -0.15) is 0 Å². The van der Waals surface area contributed by atoms with Crippen molar-refractivity contribution in [3.63, 3.8) is 0 Å². The van der Waals surface area contributed by atoms with Gasteiger partial charge in [-0.05, 0) is 31.0 Å². The number of hydrogen-bond donors (Lipinski definition) is 2. The van der Waals surface area contributed by atoms with Gasteiger partial charge in [-0.25, -0.2) is 9.78 Å². The van der Waals surface area contributed by atoms with Gasteiger partial charge >= 0.3 is 5.97 Å². The van der Waals surface area contributed by atoms with E-state index in [1.807, 2.05) is 24.3 Å². The molecule has 24 heavy (non-hydrogen) atoms. The van der Waals surface area contributed by atoms with E-state index in [0.717, 1.165) is 23.5 Å². The maximum atomic E-state index is 11.9. The number of benzene rings is 1. The first-order valence-corrected chi connectivity index (χ1v) is 8.49. The van der Waals surface area contributed by atoms with Crippen LogP contribution in [-0.4, -0.2) is 35.1 Å². The van der Waals surface area contributed by atoms with E-state index in [9.17, 15) is 9.59 Å². The molecule has 1 amide bonds. The van der Waals surface area contributed by atoms with E-state index in [2.05, 4.69) is 17.2 Å². The third-order valence-electron chi connectivity index (χ3n) is 3.35. The zero-order valence-electron chi connectivity index (χ0n) is 13.7. The number of rotatable bonds is 8. The van der Waals surface area contributed by atoms with Crippen molar-refractivity contribution in [2.24, 2.45) is 0 Å². The molecule has 0 aliphatic rings. The number of nitrogens with zero attached hydrogens (tertiary/aromatic N) is 1. The molecule has 0 atom stereocenters. The normalized spacial score (nSPS) is 10.4. The summed E-state index contributed by atoms with van der Waals surface area (Å²) >= 11 is 1.03. The fourth-order valence-electron chi connectivity index (χ4n) is 2.14. The number of aromatic nitrogens is 1. The zero-order chi connectivity index (χ0) is 17.5. The van der Waals surface area contributed by atoms with E-state index < -0.39 is 5.97 Å². The molecule has 2 aromatic rings. The Bertz CT molecular complexity index is 727. The Morgan fingerprint density at radius 3 is 2.83 bits per heavy atom. The van der Waals surface area contributed by atoms with Gasteiger partial charge in [0.2, 0.25) is 5.91 Å². The third kappa shape index (κ3) is 5.06. The van der Waals surface area contributed by atoms with Crippen LogP contribution in [0.25, 0.3) is 0 Å². The quantitative estimate of drug-likeness (QED) is 0.716. The number of carbonyl (C=O) groups excluding carboxylic acids is 1. The minimum Gasteiger partial charge on any atom is -0.492 e. The van der Waals surface area contributed by atoms with Crippen LogP contribution >= 0.6 is 11.3 Å². The number of nitrogens with one attached hydrogen (secondary N) is 1. The van der Waals surface area contributed by atoms with Crippen molar-refractivity contribution in [3.05, 3.63) is 45.4 Å². The number of carbonyl (C=O) groups is 2. The summed E-state index contributed by atoms with van der Waals surface area (Å²) in [5.41, 5.74) is 1.64. The Hall–Kier alpha value is -2.41. The molecule has 0 unspecified atom stereocenters. The molecule has 7 heteroatoms. The average Bonchev–Trinajstić information content (AvgIpc) is 2.92. The molecule has 2 rings (SSSR count). The lowest BCUT2D eigenvalue weighted by Gasteiger charge is -2.08. The molecule has 0 bridgehead atoms. The summed E-state index contributed by atoms with van der Waals surface area (Å²) in [4.78, 5) is 27.1. The summed E-state index contributed by atoms with van der Waals surface area (Å²) < 4.78 is 5.60. The van der Waals surface area contributed by atoms with Crippen LogP contribution in [0.4, 0.5) is 0 Å². The van der Waals surface area contributed by atoms with Crippen LogP contribution in [0.3, 0.4) is 0 Å². The summed E-state index contributed by atoms with van der Waals surface area (Å²) in [6, 6.07) is 7.84. The molecular weight excluding hydrogens is 328 g/mol. The second kappa shape index (κ2) is 8.44. The smallest absolute Gasteiger partial charge is 0.347 e. The van der Waals surface area contributed by atoms with Crippen LogP contribution in [0.2, 0.25) is 0 Å². The van der Waals surface area contributed by atoms with Gasteiger partial charge in [-0.15, -0.1) is 11.3 Å². The number of carboxylic acid groups (broad SMARTS) is 1. The largest absolute Gasteiger partial charge is 0.492 e. The van der Waals surface area contributed by atoms with E-state index in [4.69, 9.17) is 9.84 Å². The predicted molar refractivity (Wildman–Crippen MR) is 91.8 cm³/mol. The van der Waals surface area contributed by atoms with Crippen LogP contribution in [0.5, 0.6) is 5.75 Å². The van der Waals surface area contributed by atoms with Crippen LogP contribution in [0.1, 0.15) is 32.9 Å². The summed E-state index contributed by atoms with van der Waals surface area (Å²) in [6.45, 7) is 4.45. The van der Waals surface area contributed by atoms with Crippen molar-refractivity contribution in [2.75, 3.05) is 13.2 Å². The van der Waals surface area contributed by atoms with Crippen molar-refractivity contribution >= 4 is 23.2 Å². The number of thiazole rings is 1. The minimum absolute atomic E-state index is 0.0735. The molecule has 1 aromatic heterocycles. The van der Waals surface area contributed by atoms with E-state index in [-0.39, 0.29) is 17.2 Å². The maximum absolute atomic E-state index is 11.9. The van der Waals surface area contributed by atoms with E-state index in [0.29, 0.717) is 23.9 Å². The van der Waals surface area contributed by atoms with Crippen LogP contribution in [0.15, 0.2) is 24.3 Å². The number of aromatic carboxylic acids is 1. The van der Waals surface area contributed by atoms with Crippen LogP contribution < -0.4 is 10.1 Å². The van der Waals surface area contributed by atoms with Crippen molar-refractivity contribution in [3.8, 4) is 5.75 Å². The fraction of sp³-hybridized carbons (Fsp3) is 0.353. The summed E-state index contributed by atoms with van der Waals surface area (Å²) in [6.07, 6.45) is 1.02. The third-order valence-corrected chi connectivity index (χ3v) is 4.49. The lowest BCUT2D eigenvalue weighted by atomic mass is 10.2. The number of amides is 1. The molecule has 0 saturated heterocycles. The van der Waals surface area contributed by atoms with Gasteiger partial charge in [0, 0.05) is 0 Å². The van der Waals surface area contributed by atoms with Gasteiger partial charge in [0.05, 0.1) is 18.7 Å². The maximum Gasteiger partial charge on any atom is 0.347 e. The lowest BCUT2D eigenvalue weighted by Crippen LogP contribution is -2.29. The molecule has 0 fully saturated rings. The average molecular weight is 348 g/mol. The Labute approximate surface area is 144 Å². The fourth-order valence-corrected chi connectivity index (χ4v) is 3.04. The second-order valence-electron chi connectivity index (χ2n) is 5.20. The van der Waals surface area contributed by atoms with E-state index >= 15 is 0 Å². The van der Waals surface area contributed by atoms with Crippen molar-refractivity contribution in [1.29, 1.82) is 0 Å². The predicted octanol–water partition coefficient (Wildman–Crippen LogP) is 2.45. The van der Waals surface area contributed by atoms with E-state index in [1.54, 1.807) is 6.92 Å². The molecule has 6 nitrogen and oxygen atoms in total. The van der Waals surface area contributed by atoms with E-state index in [1.165, 1.54) is 5.56 Å². The Morgan fingerprint density at radius 2 is 2.17 bits per heavy atom. The van der Waals surface area contributed by atoms with Gasteiger partial charge in [-0.1, -0.05) is 19.1 Å². The molecule has 0 spiro atoms. The van der Waals surface area contributed by atoms with Crippen LogP contribution in [-0.2, 0) is 17.6 Å². The molecule has 1 aromatic carbocycles. The highest BCUT2D eigenvalue weighted by Crippen LogP contribution is 2.18. The van der Waals surface area contributed by atoms with Crippen molar-refractivity contribution < 1.29 is 19.4 Å². The van der Waals surface area contributed by atoms with Gasteiger partial charge in [0.1, 0.15) is 22.2 Å². The van der Waals surface area contributed by atoms with Crippen molar-refractivity contribution in [1.82, 2.24) is 10.3 Å². The minimum atomic E-state index is -1.01. The standard InChI is InChI=1S/C17H20N2O4S/c1-3-12-5-4-6-13(9-12)23-8-7-18-14(20)10-15-19-11(2)16(24-15)17(21)22/h4-6,9H,3,7-8,10H2,1-2H3,(H,18,20)(H,21,22). The van der Waals surface area contributed by atoms with Gasteiger partial charge < -0.3 is 15.2 Å². The first-order valence-electron chi connectivity index (χ1n) is 7.67. The Kier molecular flexibility index (Phi) is 6.31. The summed E-state index contributed by atoms with van der Waals surface area (Å²) in [5.74, 6) is -0.434. The summed E-state index contributed by atoms with van der Waals surface area (Å²) in [7, 11) is 0. The Morgan fingerprint density at radius 1 is 1.38 bits per heavy atom. The highest BCUT2D eigenvalue weighted by atomic mass is 32.1. The van der Waals surface area contributed by atoms with Crippen molar-refractivity contribution in [2.45, 2.75) is 26.7 Å². The highest BCUT2D eigenvalue weighted by Gasteiger charge is 2.15. The Balaban J connectivity index is 1.75. The molecule has 128 valence electrons. The molecular formula is C17H20N2O4S. The van der Waals surface area contributed by atoms with Gasteiger partial charge in [0.25, 0.3) is 0 Å². The first-order chi connectivity index (χ1) is 11.5. The number of hydrogen-bond acceptors (Lipinski definition) is 5. The molecule has 0 aliphatic heterocycles.